The molecule has 134 valence electrons. The maximum absolute atomic E-state index is 11.2. The molecule has 1 aromatic heterocycles. The Morgan fingerprint density at radius 3 is 2.65 bits per heavy atom. The van der Waals surface area contributed by atoms with E-state index in [0.717, 1.165) is 44.4 Å². The number of carbonyl (C=O) groups is 1. The van der Waals surface area contributed by atoms with Gasteiger partial charge in [0.05, 0.1) is 23.2 Å². The molecule has 0 spiro atoms. The first-order valence-corrected chi connectivity index (χ1v) is 9.19. The minimum absolute atomic E-state index is 0.0804. The Kier molecular flexibility index (Phi) is 5.63. The third kappa shape index (κ3) is 3.91. The number of anilines is 2. The van der Waals surface area contributed by atoms with Crippen molar-refractivity contribution < 1.29 is 9.53 Å². The van der Waals surface area contributed by atoms with Crippen LogP contribution < -0.4 is 15.4 Å². The molecule has 26 heavy (non-hydrogen) atoms. The molecule has 0 aliphatic rings. The van der Waals surface area contributed by atoms with Gasteiger partial charge in [-0.15, -0.1) is 0 Å². The van der Waals surface area contributed by atoms with Crippen LogP contribution in [-0.2, 0) is 4.79 Å². The highest BCUT2D eigenvalue weighted by molar-refractivity contribution is 7.99. The molecule has 3 rings (SSSR count). The molecule has 0 unspecified atom stereocenters. The molecule has 0 saturated heterocycles. The zero-order chi connectivity index (χ0) is 18.5. The minimum Gasteiger partial charge on any atom is -0.495 e. The molecular weight excluding hydrogens is 346 g/mol. The summed E-state index contributed by atoms with van der Waals surface area (Å²) in [6.07, 6.45) is 1.80. The quantitative estimate of drug-likeness (QED) is 0.656. The SMILES string of the molecule is CCNc1cc(OC)c(Sc2ccc(NC(C)=O)cc2)c2cccnc12. The van der Waals surface area contributed by atoms with Gasteiger partial charge in [0.25, 0.3) is 0 Å². The fourth-order valence-corrected chi connectivity index (χ4v) is 3.74. The third-order valence-corrected chi connectivity index (χ3v) is 4.92. The molecule has 0 aliphatic carbocycles. The van der Waals surface area contributed by atoms with Gasteiger partial charge in [0.1, 0.15) is 5.75 Å². The van der Waals surface area contributed by atoms with Gasteiger partial charge in [-0.05, 0) is 43.3 Å². The zero-order valence-corrected chi connectivity index (χ0v) is 15.8. The molecule has 3 aromatic rings. The lowest BCUT2D eigenvalue weighted by atomic mass is 10.1. The Balaban J connectivity index is 2.01. The van der Waals surface area contributed by atoms with Gasteiger partial charge in [0.15, 0.2) is 0 Å². The number of rotatable bonds is 6. The number of aromatic nitrogens is 1. The lowest BCUT2D eigenvalue weighted by Crippen LogP contribution is -2.05. The summed E-state index contributed by atoms with van der Waals surface area (Å²) in [4.78, 5) is 17.8. The number of benzene rings is 2. The monoisotopic (exact) mass is 367 g/mol. The summed E-state index contributed by atoms with van der Waals surface area (Å²) in [7, 11) is 1.68. The lowest BCUT2D eigenvalue weighted by Gasteiger charge is -2.15. The van der Waals surface area contributed by atoms with Crippen LogP contribution in [0.15, 0.2) is 58.5 Å². The van der Waals surface area contributed by atoms with Crippen molar-refractivity contribution in [3.63, 3.8) is 0 Å². The molecule has 1 amide bonds. The molecule has 0 radical (unpaired) electrons. The van der Waals surface area contributed by atoms with Crippen LogP contribution in [-0.4, -0.2) is 24.5 Å². The molecular formula is C20H21N3O2S. The summed E-state index contributed by atoms with van der Waals surface area (Å²) in [6.45, 7) is 4.37. The highest BCUT2D eigenvalue weighted by Gasteiger charge is 2.15. The fourth-order valence-electron chi connectivity index (χ4n) is 2.71. The number of amides is 1. The van der Waals surface area contributed by atoms with E-state index in [1.54, 1.807) is 25.1 Å². The second-order valence-corrected chi connectivity index (χ2v) is 6.78. The van der Waals surface area contributed by atoms with E-state index in [9.17, 15) is 4.79 Å². The maximum atomic E-state index is 11.2. The predicted octanol–water partition coefficient (Wildman–Crippen LogP) is 4.78. The molecule has 2 aromatic carbocycles. The highest BCUT2D eigenvalue weighted by Crippen LogP contribution is 2.43. The Morgan fingerprint density at radius 1 is 1.23 bits per heavy atom. The van der Waals surface area contributed by atoms with Crippen LogP contribution in [0.3, 0.4) is 0 Å². The van der Waals surface area contributed by atoms with Crippen molar-refractivity contribution in [3.8, 4) is 5.75 Å². The lowest BCUT2D eigenvalue weighted by molar-refractivity contribution is -0.114. The standard InChI is InChI=1S/C20H21N3O2S/c1-4-21-17-12-18(25-3)20(16-6-5-11-22-19(16)17)26-15-9-7-14(8-10-15)23-13(2)24/h5-12,21H,4H2,1-3H3,(H,23,24). The van der Waals surface area contributed by atoms with Gasteiger partial charge in [-0.1, -0.05) is 11.8 Å². The van der Waals surface area contributed by atoms with Crippen LogP contribution >= 0.6 is 11.8 Å². The zero-order valence-electron chi connectivity index (χ0n) is 15.0. The van der Waals surface area contributed by atoms with Crippen molar-refractivity contribution in [1.29, 1.82) is 0 Å². The number of ether oxygens (including phenoxy) is 1. The first-order chi connectivity index (χ1) is 12.6. The van der Waals surface area contributed by atoms with Crippen LogP contribution in [0, 0.1) is 0 Å². The van der Waals surface area contributed by atoms with E-state index >= 15 is 0 Å². The Labute approximate surface area is 157 Å². The van der Waals surface area contributed by atoms with E-state index in [0.29, 0.717) is 0 Å². The highest BCUT2D eigenvalue weighted by atomic mass is 32.2. The average Bonchev–Trinajstić information content (AvgIpc) is 2.64. The minimum atomic E-state index is -0.0804. The molecule has 0 saturated carbocycles. The van der Waals surface area contributed by atoms with Crippen molar-refractivity contribution in [2.75, 3.05) is 24.3 Å². The molecule has 0 atom stereocenters. The number of pyridine rings is 1. The number of fused-ring (bicyclic) bond motifs is 1. The van der Waals surface area contributed by atoms with Gasteiger partial charge in [-0.25, -0.2) is 0 Å². The van der Waals surface area contributed by atoms with Crippen LogP contribution in [0.4, 0.5) is 11.4 Å². The number of nitrogens with zero attached hydrogens (tertiary/aromatic N) is 1. The van der Waals surface area contributed by atoms with Gasteiger partial charge in [-0.3, -0.25) is 9.78 Å². The topological polar surface area (TPSA) is 63.2 Å². The maximum Gasteiger partial charge on any atom is 0.221 e. The van der Waals surface area contributed by atoms with Crippen molar-refractivity contribution in [2.45, 2.75) is 23.6 Å². The van der Waals surface area contributed by atoms with Gasteiger partial charge >= 0.3 is 0 Å². The summed E-state index contributed by atoms with van der Waals surface area (Å²) < 4.78 is 5.64. The average molecular weight is 367 g/mol. The number of nitrogens with one attached hydrogen (secondary N) is 2. The normalized spacial score (nSPS) is 10.6. The Morgan fingerprint density at radius 2 is 2.00 bits per heavy atom. The van der Waals surface area contributed by atoms with Crippen LogP contribution in [0.2, 0.25) is 0 Å². The van der Waals surface area contributed by atoms with E-state index in [1.807, 2.05) is 36.4 Å². The van der Waals surface area contributed by atoms with E-state index < -0.39 is 0 Å². The first kappa shape index (κ1) is 18.1. The largest absolute Gasteiger partial charge is 0.495 e. The summed E-state index contributed by atoms with van der Waals surface area (Å²) >= 11 is 1.62. The molecule has 0 fully saturated rings. The number of methoxy groups -OCH3 is 1. The predicted molar refractivity (Wildman–Crippen MR) is 107 cm³/mol. The van der Waals surface area contributed by atoms with Crippen molar-refractivity contribution in [3.05, 3.63) is 48.7 Å². The summed E-state index contributed by atoms with van der Waals surface area (Å²) in [5.41, 5.74) is 2.67. The number of hydrogen-bond donors (Lipinski definition) is 2. The second kappa shape index (κ2) is 8.10. The third-order valence-electron chi connectivity index (χ3n) is 3.79. The second-order valence-electron chi connectivity index (χ2n) is 5.69. The fraction of sp³-hybridized carbons (Fsp3) is 0.200. The first-order valence-electron chi connectivity index (χ1n) is 8.37. The Hall–Kier alpha value is -2.73. The molecule has 5 nitrogen and oxygen atoms in total. The van der Waals surface area contributed by atoms with Gasteiger partial charge in [-0.2, -0.15) is 0 Å². The molecule has 0 aliphatic heterocycles. The van der Waals surface area contributed by atoms with E-state index in [2.05, 4.69) is 28.6 Å². The summed E-state index contributed by atoms with van der Waals surface area (Å²) in [5.74, 6) is 0.723. The number of hydrogen-bond acceptors (Lipinski definition) is 5. The van der Waals surface area contributed by atoms with Crippen LogP contribution in [0.25, 0.3) is 10.9 Å². The number of carbonyl (C=O) groups excluding carboxylic acids is 1. The van der Waals surface area contributed by atoms with E-state index in [4.69, 9.17) is 4.74 Å². The van der Waals surface area contributed by atoms with Crippen molar-refractivity contribution in [2.24, 2.45) is 0 Å². The molecule has 0 bridgehead atoms. The van der Waals surface area contributed by atoms with Crippen LogP contribution in [0.5, 0.6) is 5.75 Å². The molecule has 1 heterocycles. The van der Waals surface area contributed by atoms with Crippen LogP contribution in [0.1, 0.15) is 13.8 Å². The van der Waals surface area contributed by atoms with Gasteiger partial charge in [0.2, 0.25) is 5.91 Å². The Bertz CT molecular complexity index is 926. The molecule has 2 N–H and O–H groups in total. The van der Waals surface area contributed by atoms with Crippen molar-refractivity contribution in [1.82, 2.24) is 4.98 Å². The van der Waals surface area contributed by atoms with E-state index in [1.165, 1.54) is 6.92 Å². The summed E-state index contributed by atoms with van der Waals surface area (Å²) in [6, 6.07) is 13.7. The van der Waals surface area contributed by atoms with Gasteiger partial charge in [0, 0.05) is 41.7 Å². The van der Waals surface area contributed by atoms with Crippen molar-refractivity contribution >= 4 is 39.9 Å². The summed E-state index contributed by atoms with van der Waals surface area (Å²) in [5, 5.41) is 7.17. The van der Waals surface area contributed by atoms with Gasteiger partial charge < -0.3 is 15.4 Å². The molecule has 6 heteroatoms. The smallest absolute Gasteiger partial charge is 0.221 e. The van der Waals surface area contributed by atoms with E-state index in [-0.39, 0.29) is 5.91 Å².